The second kappa shape index (κ2) is 5.82. The molecule has 0 saturated carbocycles. The van der Waals surface area contributed by atoms with Crippen LogP contribution in [0.5, 0.6) is 5.75 Å². The number of fused-ring (bicyclic) bond motifs is 1. The lowest BCUT2D eigenvalue weighted by atomic mass is 10.2. The highest BCUT2D eigenvalue weighted by atomic mass is 32.1. The van der Waals surface area contributed by atoms with Gasteiger partial charge in [-0.05, 0) is 25.1 Å². The molecule has 2 N–H and O–H groups in total. The molecule has 0 spiro atoms. The van der Waals surface area contributed by atoms with E-state index in [-0.39, 0.29) is 5.91 Å². The van der Waals surface area contributed by atoms with Gasteiger partial charge in [0.25, 0.3) is 5.91 Å². The minimum Gasteiger partial charge on any atom is -0.493 e. The quantitative estimate of drug-likeness (QED) is 0.725. The molecule has 0 aliphatic heterocycles. The second-order valence-electron chi connectivity index (χ2n) is 3.81. The molecule has 0 atom stereocenters. The predicted molar refractivity (Wildman–Crippen MR) is 75.7 cm³/mol. The monoisotopic (exact) mass is 264 g/mol. The lowest BCUT2D eigenvalue weighted by molar-refractivity contribution is 0.0952. The van der Waals surface area contributed by atoms with Crippen LogP contribution in [-0.2, 0) is 0 Å². The second-order valence-corrected chi connectivity index (χ2v) is 4.26. The first kappa shape index (κ1) is 12.8. The number of ether oxygens (including phenoxy) is 1. The number of rotatable bonds is 5. The van der Waals surface area contributed by atoms with Gasteiger partial charge in [0.05, 0.1) is 6.61 Å². The Hall–Kier alpha value is -1.62. The van der Waals surface area contributed by atoms with Crippen LogP contribution in [0.3, 0.4) is 0 Å². The number of amides is 1. The number of thiol groups is 1. The van der Waals surface area contributed by atoms with Crippen LogP contribution >= 0.6 is 12.6 Å². The van der Waals surface area contributed by atoms with Crippen molar-refractivity contribution in [2.75, 3.05) is 18.9 Å². The maximum Gasteiger partial charge on any atom is 0.267 e. The number of benzene rings is 1. The first-order chi connectivity index (χ1) is 8.76. The zero-order valence-corrected chi connectivity index (χ0v) is 11.1. The zero-order valence-electron chi connectivity index (χ0n) is 10.2. The Morgan fingerprint density at radius 3 is 3.06 bits per heavy atom. The van der Waals surface area contributed by atoms with Gasteiger partial charge in [-0.2, -0.15) is 12.6 Å². The molecule has 18 heavy (non-hydrogen) atoms. The molecule has 1 aromatic heterocycles. The normalized spacial score (nSPS) is 10.6. The molecule has 1 heterocycles. The molecule has 0 aliphatic rings. The Morgan fingerprint density at radius 1 is 1.50 bits per heavy atom. The first-order valence-corrected chi connectivity index (χ1v) is 6.53. The number of hydrogen-bond acceptors (Lipinski definition) is 3. The van der Waals surface area contributed by atoms with E-state index < -0.39 is 0 Å². The van der Waals surface area contributed by atoms with Crippen molar-refractivity contribution in [3.63, 3.8) is 0 Å². The zero-order chi connectivity index (χ0) is 13.0. The van der Waals surface area contributed by atoms with E-state index in [2.05, 4.69) is 22.9 Å². The van der Waals surface area contributed by atoms with Crippen LogP contribution in [-0.4, -0.2) is 29.8 Å². The van der Waals surface area contributed by atoms with Gasteiger partial charge >= 0.3 is 0 Å². The first-order valence-electron chi connectivity index (χ1n) is 5.90. The smallest absolute Gasteiger partial charge is 0.267 e. The summed E-state index contributed by atoms with van der Waals surface area (Å²) in [6.45, 7) is 3.09. The van der Waals surface area contributed by atoms with E-state index in [4.69, 9.17) is 4.74 Å². The highest BCUT2D eigenvalue weighted by Crippen LogP contribution is 2.26. The van der Waals surface area contributed by atoms with Crippen LogP contribution in [0.4, 0.5) is 0 Å². The molecule has 0 bridgehead atoms. The van der Waals surface area contributed by atoms with Crippen molar-refractivity contribution in [1.29, 1.82) is 0 Å². The van der Waals surface area contributed by atoms with Gasteiger partial charge in [0.15, 0.2) is 0 Å². The molecular weight excluding hydrogens is 248 g/mol. The summed E-state index contributed by atoms with van der Waals surface area (Å²) >= 11 is 4.06. The Kier molecular flexibility index (Phi) is 4.15. The summed E-state index contributed by atoms with van der Waals surface area (Å²) in [6, 6.07) is 7.54. The van der Waals surface area contributed by atoms with Crippen molar-refractivity contribution < 1.29 is 9.53 Å². The lowest BCUT2D eigenvalue weighted by Crippen LogP contribution is -2.25. The minimum absolute atomic E-state index is 0.123. The average molecular weight is 264 g/mol. The highest BCUT2D eigenvalue weighted by Gasteiger charge is 2.11. The van der Waals surface area contributed by atoms with Crippen molar-refractivity contribution in [3.05, 3.63) is 30.0 Å². The van der Waals surface area contributed by atoms with Crippen molar-refractivity contribution in [2.45, 2.75) is 6.92 Å². The van der Waals surface area contributed by atoms with E-state index in [9.17, 15) is 4.79 Å². The fraction of sp³-hybridized carbons (Fsp3) is 0.308. The van der Waals surface area contributed by atoms with E-state index in [0.717, 1.165) is 16.7 Å². The molecule has 96 valence electrons. The van der Waals surface area contributed by atoms with Crippen LogP contribution in [0.25, 0.3) is 10.9 Å². The average Bonchev–Trinajstić information content (AvgIpc) is 2.81. The Morgan fingerprint density at radius 2 is 2.33 bits per heavy atom. The van der Waals surface area contributed by atoms with Crippen LogP contribution in [0.15, 0.2) is 24.3 Å². The summed E-state index contributed by atoms with van der Waals surface area (Å²) in [4.78, 5) is 14.9. The van der Waals surface area contributed by atoms with E-state index in [1.54, 1.807) is 0 Å². The van der Waals surface area contributed by atoms with E-state index in [1.807, 2.05) is 31.2 Å². The predicted octanol–water partition coefficient (Wildman–Crippen LogP) is 2.23. The van der Waals surface area contributed by atoms with Crippen molar-refractivity contribution in [3.8, 4) is 5.75 Å². The standard InChI is InChI=1S/C13H16N2O2S/c1-2-17-12-5-3-4-10-9(12)8-11(15-10)13(16)14-6-7-18/h3-5,8,15,18H,2,6-7H2,1H3,(H,14,16). The molecule has 1 amide bonds. The Bertz CT molecular complexity index is 551. The van der Waals surface area contributed by atoms with E-state index in [1.165, 1.54) is 0 Å². The van der Waals surface area contributed by atoms with Gasteiger partial charge in [-0.1, -0.05) is 6.07 Å². The van der Waals surface area contributed by atoms with Crippen molar-refractivity contribution >= 4 is 29.4 Å². The Balaban J connectivity index is 2.31. The molecule has 0 unspecified atom stereocenters. The van der Waals surface area contributed by atoms with E-state index in [0.29, 0.717) is 24.6 Å². The molecule has 4 nitrogen and oxygen atoms in total. The van der Waals surface area contributed by atoms with Gasteiger partial charge in [0.1, 0.15) is 11.4 Å². The molecule has 2 rings (SSSR count). The molecule has 2 aromatic rings. The summed E-state index contributed by atoms with van der Waals surface area (Å²) in [5.74, 6) is 1.29. The molecule has 0 fully saturated rings. The number of nitrogens with one attached hydrogen (secondary N) is 2. The van der Waals surface area contributed by atoms with Gasteiger partial charge in [0, 0.05) is 23.2 Å². The van der Waals surface area contributed by atoms with Crippen LogP contribution in [0.1, 0.15) is 17.4 Å². The van der Waals surface area contributed by atoms with Crippen molar-refractivity contribution in [2.24, 2.45) is 0 Å². The summed E-state index contributed by atoms with van der Waals surface area (Å²) in [6.07, 6.45) is 0. The fourth-order valence-electron chi connectivity index (χ4n) is 1.80. The molecule has 0 aliphatic carbocycles. The maximum absolute atomic E-state index is 11.8. The Labute approximate surface area is 111 Å². The fourth-order valence-corrected chi connectivity index (χ4v) is 1.91. The number of H-pyrrole nitrogens is 1. The number of hydrogen-bond donors (Lipinski definition) is 3. The van der Waals surface area contributed by atoms with E-state index >= 15 is 0 Å². The number of aromatic nitrogens is 1. The lowest BCUT2D eigenvalue weighted by Gasteiger charge is -2.02. The molecular formula is C13H16N2O2S. The van der Waals surface area contributed by atoms with Gasteiger partial charge in [-0.3, -0.25) is 4.79 Å². The summed E-state index contributed by atoms with van der Waals surface area (Å²) in [5, 5.41) is 3.70. The molecule has 0 saturated heterocycles. The number of carbonyl (C=O) groups is 1. The maximum atomic E-state index is 11.8. The van der Waals surface area contributed by atoms with Gasteiger partial charge in [-0.25, -0.2) is 0 Å². The highest BCUT2D eigenvalue weighted by molar-refractivity contribution is 7.80. The summed E-state index contributed by atoms with van der Waals surface area (Å²) in [7, 11) is 0. The minimum atomic E-state index is -0.123. The SMILES string of the molecule is CCOc1cccc2[nH]c(C(=O)NCCS)cc12. The third kappa shape index (κ3) is 2.61. The largest absolute Gasteiger partial charge is 0.493 e. The molecule has 0 radical (unpaired) electrons. The molecule has 5 heteroatoms. The molecule has 1 aromatic carbocycles. The van der Waals surface area contributed by atoms with Gasteiger partial charge in [0.2, 0.25) is 0 Å². The third-order valence-electron chi connectivity index (χ3n) is 2.57. The number of carbonyl (C=O) groups excluding carboxylic acids is 1. The van der Waals surface area contributed by atoms with Gasteiger partial charge < -0.3 is 15.0 Å². The van der Waals surface area contributed by atoms with Crippen LogP contribution in [0.2, 0.25) is 0 Å². The van der Waals surface area contributed by atoms with Gasteiger partial charge in [-0.15, -0.1) is 0 Å². The van der Waals surface area contributed by atoms with Crippen LogP contribution in [0, 0.1) is 0 Å². The summed E-state index contributed by atoms with van der Waals surface area (Å²) < 4.78 is 5.53. The third-order valence-corrected chi connectivity index (χ3v) is 2.79. The number of aromatic amines is 1. The summed E-state index contributed by atoms with van der Waals surface area (Å²) in [5.41, 5.74) is 1.44. The van der Waals surface area contributed by atoms with Crippen LogP contribution < -0.4 is 10.1 Å². The topological polar surface area (TPSA) is 54.1 Å². The van der Waals surface area contributed by atoms with Crippen molar-refractivity contribution in [1.82, 2.24) is 10.3 Å².